The molecular formula is C13H28OSn. The molecule has 0 aliphatic heterocycles. The summed E-state index contributed by atoms with van der Waals surface area (Å²) >= 11 is -2.30. The average molecular weight is 319 g/mol. The second kappa shape index (κ2) is 9.68. The summed E-state index contributed by atoms with van der Waals surface area (Å²) in [6, 6.07) is 0. The first-order valence-electron chi connectivity index (χ1n) is 6.71. The molecule has 0 bridgehead atoms. The first-order valence-corrected chi connectivity index (χ1v) is 14.4. The molecule has 0 rings (SSSR count). The normalized spacial score (nSPS) is 11.7. The molecule has 90 valence electrons. The van der Waals surface area contributed by atoms with Gasteiger partial charge in [0, 0.05) is 0 Å². The van der Waals surface area contributed by atoms with E-state index in [4.69, 9.17) is 0 Å². The van der Waals surface area contributed by atoms with Crippen molar-refractivity contribution in [3.05, 3.63) is 0 Å². The van der Waals surface area contributed by atoms with E-state index >= 15 is 0 Å². The van der Waals surface area contributed by atoms with Crippen LogP contribution >= 0.6 is 0 Å². The van der Waals surface area contributed by atoms with Gasteiger partial charge in [0.2, 0.25) is 0 Å². The first-order chi connectivity index (χ1) is 7.24. The van der Waals surface area contributed by atoms with Crippen molar-refractivity contribution in [3.8, 4) is 0 Å². The Balaban J connectivity index is 4.23. The van der Waals surface area contributed by atoms with Crippen molar-refractivity contribution in [2.75, 3.05) is 0 Å². The van der Waals surface area contributed by atoms with Gasteiger partial charge in [-0.25, -0.2) is 0 Å². The Bertz CT molecular complexity index is 135. The van der Waals surface area contributed by atoms with Crippen LogP contribution in [-0.4, -0.2) is 22.7 Å². The second-order valence-electron chi connectivity index (χ2n) is 4.79. The van der Waals surface area contributed by atoms with E-state index in [0.29, 0.717) is 0 Å². The zero-order valence-corrected chi connectivity index (χ0v) is 13.7. The van der Waals surface area contributed by atoms with Gasteiger partial charge in [-0.05, 0) is 0 Å². The minimum atomic E-state index is -2.30. The summed E-state index contributed by atoms with van der Waals surface area (Å²) in [5.41, 5.74) is 0. The van der Waals surface area contributed by atoms with Crippen molar-refractivity contribution in [2.45, 2.75) is 72.6 Å². The summed E-state index contributed by atoms with van der Waals surface area (Å²) < 4.78 is 5.41. The van der Waals surface area contributed by atoms with Gasteiger partial charge in [-0.3, -0.25) is 0 Å². The van der Waals surface area contributed by atoms with Gasteiger partial charge in [-0.2, -0.15) is 0 Å². The third-order valence-electron chi connectivity index (χ3n) is 3.33. The molecule has 0 saturated carbocycles. The Hall–Kier alpha value is 0.469. The minimum absolute atomic E-state index is 1.25. The Kier molecular flexibility index (Phi) is 9.98. The standard InChI is InChI=1S/3C4H9.CHO.Sn/c3*1-3-4-2;1-2;/h3*1,3-4H2,2H3;1H;. The Morgan fingerprint density at radius 1 is 0.800 bits per heavy atom. The van der Waals surface area contributed by atoms with E-state index in [1.54, 1.807) is 0 Å². The quantitative estimate of drug-likeness (QED) is 0.425. The third-order valence-corrected chi connectivity index (χ3v) is 16.3. The summed E-state index contributed by atoms with van der Waals surface area (Å²) in [7, 11) is 0. The molecule has 0 unspecified atom stereocenters. The molecule has 0 atom stereocenters. The molecule has 0 aromatic rings. The van der Waals surface area contributed by atoms with Crippen molar-refractivity contribution < 1.29 is 4.79 Å². The van der Waals surface area contributed by atoms with Crippen LogP contribution in [0.25, 0.3) is 0 Å². The third kappa shape index (κ3) is 6.59. The van der Waals surface area contributed by atoms with Crippen LogP contribution in [0.4, 0.5) is 0 Å². The van der Waals surface area contributed by atoms with Gasteiger partial charge in [-0.15, -0.1) is 0 Å². The molecule has 0 saturated heterocycles. The number of rotatable bonds is 10. The van der Waals surface area contributed by atoms with Crippen LogP contribution < -0.4 is 0 Å². The summed E-state index contributed by atoms with van der Waals surface area (Å²) in [4.78, 5) is 11.4. The van der Waals surface area contributed by atoms with Gasteiger partial charge in [0.15, 0.2) is 0 Å². The molecule has 0 amide bonds. The molecule has 0 aliphatic rings. The zero-order chi connectivity index (χ0) is 11.6. The monoisotopic (exact) mass is 320 g/mol. The molecule has 0 spiro atoms. The summed E-state index contributed by atoms with van der Waals surface area (Å²) in [5, 5.41) is 0. The molecule has 0 aromatic heterocycles. The summed E-state index contributed by atoms with van der Waals surface area (Å²) in [6.45, 7) is 6.71. The van der Waals surface area contributed by atoms with E-state index in [2.05, 4.69) is 20.8 Å². The molecule has 1 nitrogen and oxygen atoms in total. The number of carbonyl (C=O) groups is 1. The number of unbranched alkanes of at least 4 members (excludes halogenated alkanes) is 3. The van der Waals surface area contributed by atoms with Crippen LogP contribution in [0.2, 0.25) is 13.3 Å². The number of hydrogen-bond acceptors (Lipinski definition) is 1. The molecule has 15 heavy (non-hydrogen) atoms. The predicted octanol–water partition coefficient (Wildman–Crippen LogP) is 4.61. The molecule has 0 heterocycles. The van der Waals surface area contributed by atoms with E-state index in [9.17, 15) is 4.79 Å². The average Bonchev–Trinajstić information content (AvgIpc) is 2.29. The van der Waals surface area contributed by atoms with Crippen molar-refractivity contribution in [3.63, 3.8) is 0 Å². The van der Waals surface area contributed by atoms with Crippen LogP contribution in [0.3, 0.4) is 0 Å². The topological polar surface area (TPSA) is 17.1 Å². The van der Waals surface area contributed by atoms with Crippen LogP contribution in [0.5, 0.6) is 0 Å². The van der Waals surface area contributed by atoms with E-state index in [0.717, 1.165) is 0 Å². The fraction of sp³-hybridized carbons (Fsp3) is 0.923. The van der Waals surface area contributed by atoms with Gasteiger partial charge >= 0.3 is 100 Å². The fourth-order valence-corrected chi connectivity index (χ4v) is 14.3. The maximum atomic E-state index is 11.4. The van der Waals surface area contributed by atoms with Crippen LogP contribution in [0.15, 0.2) is 0 Å². The van der Waals surface area contributed by atoms with Crippen LogP contribution in [0, 0.1) is 0 Å². The molecule has 0 aliphatic carbocycles. The van der Waals surface area contributed by atoms with Gasteiger partial charge in [0.05, 0.1) is 0 Å². The Morgan fingerprint density at radius 3 is 1.33 bits per heavy atom. The van der Waals surface area contributed by atoms with E-state index in [-0.39, 0.29) is 0 Å². The Labute approximate surface area is 99.9 Å². The van der Waals surface area contributed by atoms with Crippen molar-refractivity contribution >= 4 is 22.7 Å². The van der Waals surface area contributed by atoms with Gasteiger partial charge in [0.1, 0.15) is 0 Å². The molecule has 0 aromatic carbocycles. The van der Waals surface area contributed by atoms with Gasteiger partial charge in [-0.1, -0.05) is 0 Å². The van der Waals surface area contributed by atoms with E-state index in [1.807, 2.05) is 0 Å². The fourth-order valence-electron chi connectivity index (χ4n) is 2.14. The predicted molar refractivity (Wildman–Crippen MR) is 71.6 cm³/mol. The first kappa shape index (κ1) is 15.5. The van der Waals surface area contributed by atoms with Crippen molar-refractivity contribution in [1.82, 2.24) is 0 Å². The zero-order valence-electron chi connectivity index (χ0n) is 10.8. The molecule has 2 heteroatoms. The Morgan fingerprint density at radius 2 is 1.13 bits per heavy atom. The van der Waals surface area contributed by atoms with Gasteiger partial charge in [0.25, 0.3) is 0 Å². The summed E-state index contributed by atoms with van der Waals surface area (Å²) in [6.07, 6.45) is 7.65. The molecule has 0 radical (unpaired) electrons. The number of carbonyl (C=O) groups excluding carboxylic acids is 1. The van der Waals surface area contributed by atoms with E-state index < -0.39 is 18.4 Å². The number of hydrogen-bond donors (Lipinski definition) is 0. The van der Waals surface area contributed by atoms with Crippen LogP contribution in [0.1, 0.15) is 59.3 Å². The second-order valence-corrected chi connectivity index (χ2v) is 17.5. The van der Waals surface area contributed by atoms with Crippen molar-refractivity contribution in [2.24, 2.45) is 0 Å². The molecule has 0 fully saturated rings. The van der Waals surface area contributed by atoms with Crippen LogP contribution in [-0.2, 0) is 4.79 Å². The van der Waals surface area contributed by atoms with Crippen molar-refractivity contribution in [1.29, 1.82) is 0 Å². The van der Waals surface area contributed by atoms with E-state index in [1.165, 1.54) is 56.1 Å². The molecule has 0 N–H and O–H groups in total. The SMILES string of the molecule is CCC[CH2][Sn]([CH]=O)([CH2]CCC)[CH2]CCC. The maximum absolute atomic E-state index is 11.4. The molecular weight excluding hydrogens is 291 g/mol. The summed E-state index contributed by atoms with van der Waals surface area (Å²) in [5.74, 6) is 0. The van der Waals surface area contributed by atoms with Gasteiger partial charge < -0.3 is 0 Å².